The number of hydrogen-bond donors (Lipinski definition) is 0. The first-order chi connectivity index (χ1) is 6.20. The molecular weight excluding hydrogens is 168 g/mol. The highest BCUT2D eigenvalue weighted by molar-refractivity contribution is 5.98. The van der Waals surface area contributed by atoms with Crippen LogP contribution in [-0.4, -0.2) is 16.7 Å². The molecule has 0 atom stereocenters. The first kappa shape index (κ1) is 9.38. The fourth-order valence-corrected chi connectivity index (χ4v) is 0.762. The van der Waals surface area contributed by atoms with E-state index in [9.17, 15) is 4.79 Å². The molecule has 0 bridgehead atoms. The van der Waals surface area contributed by atoms with Gasteiger partial charge >= 0.3 is 5.97 Å². The molecule has 0 aliphatic heterocycles. The van der Waals surface area contributed by atoms with Crippen molar-refractivity contribution in [1.29, 1.82) is 0 Å². The molecule has 0 amide bonds. The van der Waals surface area contributed by atoms with E-state index in [-0.39, 0.29) is 0 Å². The minimum absolute atomic E-state index is 0.428. The average molecular weight is 178 g/mol. The third-order valence-corrected chi connectivity index (χ3v) is 1.39. The van der Waals surface area contributed by atoms with Crippen molar-refractivity contribution in [3.63, 3.8) is 0 Å². The Hall–Kier alpha value is -1.71. The van der Waals surface area contributed by atoms with Gasteiger partial charge in [0.1, 0.15) is 0 Å². The van der Waals surface area contributed by atoms with Crippen LogP contribution in [0, 0.1) is 0 Å². The molecule has 0 saturated heterocycles. The summed E-state index contributed by atoms with van der Waals surface area (Å²) in [6, 6.07) is 3.64. The molecule has 0 radical (unpaired) electrons. The van der Waals surface area contributed by atoms with Crippen LogP contribution in [0.4, 0.5) is 0 Å². The normalized spacial score (nSPS) is 11.1. The fourth-order valence-electron chi connectivity index (χ4n) is 0.762. The number of carbonyl (C=O) groups is 1. The minimum atomic E-state index is -0.428. The Balaban J connectivity index is 2.73. The number of carbonyl (C=O) groups excluding carboxylic acids is 1. The lowest BCUT2D eigenvalue weighted by molar-refractivity contribution is -0.140. The molecular formula is C9H10N2O2. The molecule has 1 rings (SSSR count). The van der Waals surface area contributed by atoms with Crippen molar-refractivity contribution in [3.8, 4) is 0 Å². The van der Waals surface area contributed by atoms with Gasteiger partial charge < -0.3 is 4.84 Å². The molecule has 0 saturated carbocycles. The molecule has 4 heteroatoms. The summed E-state index contributed by atoms with van der Waals surface area (Å²) < 4.78 is 0. The maximum absolute atomic E-state index is 10.4. The van der Waals surface area contributed by atoms with Gasteiger partial charge in [0.05, 0.1) is 5.71 Å². The van der Waals surface area contributed by atoms with Gasteiger partial charge in [0, 0.05) is 24.9 Å². The summed E-state index contributed by atoms with van der Waals surface area (Å²) in [5, 5.41) is 3.62. The maximum atomic E-state index is 10.4. The molecule has 1 aromatic heterocycles. The van der Waals surface area contributed by atoms with Crippen LogP contribution in [0.25, 0.3) is 0 Å². The van der Waals surface area contributed by atoms with Crippen molar-refractivity contribution in [2.24, 2.45) is 5.16 Å². The SMILES string of the molecule is CC(=O)ON=C(C)c1cccnc1. The smallest absolute Gasteiger partial charge is 0.318 e. The van der Waals surface area contributed by atoms with E-state index in [0.717, 1.165) is 5.56 Å². The third-order valence-electron chi connectivity index (χ3n) is 1.39. The standard InChI is InChI=1S/C9H10N2O2/c1-7(11-13-8(2)12)9-4-3-5-10-6-9/h3-6H,1-2H3. The number of pyridine rings is 1. The second kappa shape index (κ2) is 4.35. The van der Waals surface area contributed by atoms with E-state index >= 15 is 0 Å². The van der Waals surface area contributed by atoms with Crippen LogP contribution < -0.4 is 0 Å². The predicted octanol–water partition coefficient (Wildman–Crippen LogP) is 1.37. The molecule has 1 aromatic rings. The highest BCUT2D eigenvalue weighted by Crippen LogP contribution is 1.98. The van der Waals surface area contributed by atoms with E-state index in [1.807, 2.05) is 6.07 Å². The highest BCUT2D eigenvalue weighted by Gasteiger charge is 1.97. The van der Waals surface area contributed by atoms with Crippen molar-refractivity contribution >= 4 is 11.7 Å². The lowest BCUT2D eigenvalue weighted by Crippen LogP contribution is -1.99. The Morgan fingerprint density at radius 3 is 2.85 bits per heavy atom. The summed E-state index contributed by atoms with van der Waals surface area (Å²) in [4.78, 5) is 18.8. The third kappa shape index (κ3) is 3.02. The van der Waals surface area contributed by atoms with Crippen LogP contribution in [0.5, 0.6) is 0 Å². The molecule has 13 heavy (non-hydrogen) atoms. The molecule has 0 aromatic carbocycles. The van der Waals surface area contributed by atoms with Gasteiger partial charge in [0.25, 0.3) is 0 Å². The number of hydrogen-bond acceptors (Lipinski definition) is 4. The lowest BCUT2D eigenvalue weighted by atomic mass is 10.2. The van der Waals surface area contributed by atoms with Gasteiger partial charge in [0.2, 0.25) is 0 Å². The van der Waals surface area contributed by atoms with Gasteiger partial charge in [-0.1, -0.05) is 5.16 Å². The van der Waals surface area contributed by atoms with Gasteiger partial charge in [0.15, 0.2) is 0 Å². The Morgan fingerprint density at radius 2 is 2.31 bits per heavy atom. The quantitative estimate of drug-likeness (QED) is 0.390. The Labute approximate surface area is 76.2 Å². The number of nitrogens with zero attached hydrogens (tertiary/aromatic N) is 2. The highest BCUT2D eigenvalue weighted by atomic mass is 16.7. The summed E-state index contributed by atoms with van der Waals surface area (Å²) >= 11 is 0. The molecule has 0 spiro atoms. The second-order valence-corrected chi connectivity index (χ2v) is 2.50. The largest absolute Gasteiger partial charge is 0.331 e. The van der Waals surface area contributed by atoms with Crippen molar-refractivity contribution in [3.05, 3.63) is 30.1 Å². The van der Waals surface area contributed by atoms with Crippen LogP contribution in [0.3, 0.4) is 0 Å². The maximum Gasteiger partial charge on any atom is 0.331 e. The number of aromatic nitrogens is 1. The molecule has 0 aliphatic carbocycles. The predicted molar refractivity (Wildman–Crippen MR) is 48.2 cm³/mol. The van der Waals surface area contributed by atoms with Gasteiger partial charge in [-0.05, 0) is 19.1 Å². The van der Waals surface area contributed by atoms with Crippen LogP contribution >= 0.6 is 0 Å². The van der Waals surface area contributed by atoms with Crippen molar-refractivity contribution in [2.45, 2.75) is 13.8 Å². The van der Waals surface area contributed by atoms with Gasteiger partial charge in [-0.25, -0.2) is 4.79 Å². The van der Waals surface area contributed by atoms with E-state index in [1.54, 1.807) is 25.4 Å². The van der Waals surface area contributed by atoms with Crippen molar-refractivity contribution < 1.29 is 9.63 Å². The van der Waals surface area contributed by atoms with Gasteiger partial charge in [-0.15, -0.1) is 0 Å². The van der Waals surface area contributed by atoms with E-state index in [2.05, 4.69) is 15.0 Å². The average Bonchev–Trinajstić information content (AvgIpc) is 2.15. The van der Waals surface area contributed by atoms with Crippen molar-refractivity contribution in [2.75, 3.05) is 0 Å². The Bertz CT molecular complexity index is 320. The summed E-state index contributed by atoms with van der Waals surface area (Å²) in [5.41, 5.74) is 1.46. The first-order valence-electron chi connectivity index (χ1n) is 3.82. The van der Waals surface area contributed by atoms with Gasteiger partial charge in [-0.2, -0.15) is 0 Å². The van der Waals surface area contributed by atoms with E-state index in [0.29, 0.717) is 5.71 Å². The van der Waals surface area contributed by atoms with Gasteiger partial charge in [-0.3, -0.25) is 4.98 Å². The topological polar surface area (TPSA) is 51.5 Å². The Morgan fingerprint density at radius 1 is 1.54 bits per heavy atom. The second-order valence-electron chi connectivity index (χ2n) is 2.50. The summed E-state index contributed by atoms with van der Waals surface area (Å²) in [6.45, 7) is 3.06. The molecule has 0 fully saturated rings. The Kier molecular flexibility index (Phi) is 3.14. The zero-order valence-electron chi connectivity index (χ0n) is 7.52. The molecule has 0 aliphatic rings. The van der Waals surface area contributed by atoms with E-state index < -0.39 is 5.97 Å². The van der Waals surface area contributed by atoms with Crippen LogP contribution in [0.1, 0.15) is 19.4 Å². The van der Waals surface area contributed by atoms with E-state index in [4.69, 9.17) is 0 Å². The van der Waals surface area contributed by atoms with E-state index in [1.165, 1.54) is 6.92 Å². The first-order valence-corrected chi connectivity index (χ1v) is 3.82. The minimum Gasteiger partial charge on any atom is -0.318 e. The van der Waals surface area contributed by atoms with Crippen LogP contribution in [0.15, 0.2) is 29.7 Å². The number of oxime groups is 1. The molecule has 68 valence electrons. The molecule has 1 heterocycles. The zero-order chi connectivity index (χ0) is 9.68. The van der Waals surface area contributed by atoms with Crippen molar-refractivity contribution in [1.82, 2.24) is 4.98 Å². The lowest BCUT2D eigenvalue weighted by Gasteiger charge is -1.97. The fraction of sp³-hybridized carbons (Fsp3) is 0.222. The number of rotatable bonds is 2. The molecule has 0 N–H and O–H groups in total. The summed E-state index contributed by atoms with van der Waals surface area (Å²) in [7, 11) is 0. The monoisotopic (exact) mass is 178 g/mol. The molecule has 0 unspecified atom stereocenters. The molecule has 4 nitrogen and oxygen atoms in total. The summed E-state index contributed by atoms with van der Waals surface area (Å²) in [5.74, 6) is -0.428. The zero-order valence-corrected chi connectivity index (χ0v) is 7.52. The van der Waals surface area contributed by atoms with Crippen LogP contribution in [-0.2, 0) is 9.63 Å². The summed E-state index contributed by atoms with van der Waals surface area (Å²) in [6.07, 6.45) is 3.32. The van der Waals surface area contributed by atoms with Crippen LogP contribution in [0.2, 0.25) is 0 Å².